The van der Waals surface area contributed by atoms with Gasteiger partial charge in [-0.3, -0.25) is 4.79 Å². The van der Waals surface area contributed by atoms with E-state index >= 15 is 0 Å². The fraction of sp³-hybridized carbons (Fsp3) is 0.391. The molecule has 2 aliphatic rings. The third-order valence-corrected chi connectivity index (χ3v) is 8.34. The monoisotopic (exact) mass is 484 g/mol. The second-order valence-electron chi connectivity index (χ2n) is 8.68. The maximum Gasteiger partial charge on any atom is 0.246 e. The zero-order valence-corrected chi connectivity index (χ0v) is 19.6. The zero-order valence-electron chi connectivity index (χ0n) is 18.8. The predicted octanol–water partition coefficient (Wildman–Crippen LogP) is 1.81. The van der Waals surface area contributed by atoms with E-state index in [1.165, 1.54) is 20.7 Å². The average molecular weight is 485 g/mol. The fourth-order valence-corrected chi connectivity index (χ4v) is 5.94. The highest BCUT2D eigenvalue weighted by Gasteiger charge is 2.31. The van der Waals surface area contributed by atoms with Gasteiger partial charge in [0.1, 0.15) is 12.4 Å². The van der Waals surface area contributed by atoms with Gasteiger partial charge < -0.3 is 4.90 Å². The van der Waals surface area contributed by atoms with Crippen molar-refractivity contribution in [1.82, 2.24) is 29.4 Å². The topological polar surface area (TPSA) is 101 Å². The van der Waals surface area contributed by atoms with Gasteiger partial charge in [-0.1, -0.05) is 6.07 Å². The highest BCUT2D eigenvalue weighted by atomic mass is 32.2. The molecular formula is C23H25FN6O3S. The van der Waals surface area contributed by atoms with E-state index < -0.39 is 10.0 Å². The Morgan fingerprint density at radius 3 is 2.56 bits per heavy atom. The number of piperazine rings is 1. The quantitative estimate of drug-likeness (QED) is 0.548. The number of tetrazole rings is 1. The van der Waals surface area contributed by atoms with Crippen molar-refractivity contribution in [3.05, 3.63) is 58.9 Å². The number of aryl methyl sites for hydroxylation is 3. The van der Waals surface area contributed by atoms with E-state index in [1.54, 1.807) is 36.1 Å². The first-order valence-corrected chi connectivity index (χ1v) is 12.7. The van der Waals surface area contributed by atoms with Crippen molar-refractivity contribution in [3.8, 4) is 11.4 Å². The zero-order chi connectivity index (χ0) is 23.9. The van der Waals surface area contributed by atoms with Crippen molar-refractivity contribution in [2.45, 2.75) is 37.6 Å². The number of amides is 1. The summed E-state index contributed by atoms with van der Waals surface area (Å²) in [4.78, 5) is 15.9. The molecule has 0 bridgehead atoms. The Hall–Kier alpha value is -3.18. The summed E-state index contributed by atoms with van der Waals surface area (Å²) in [6, 6.07) is 9.93. The number of hydrogen-bond acceptors (Lipinski definition) is 6. The average Bonchev–Trinajstić information content (AvgIpc) is 3.50. The Labute approximate surface area is 197 Å². The number of aromatic nitrogens is 4. The molecule has 1 saturated heterocycles. The molecule has 2 heterocycles. The van der Waals surface area contributed by atoms with E-state index in [0.29, 0.717) is 34.9 Å². The van der Waals surface area contributed by atoms with Crippen molar-refractivity contribution in [3.63, 3.8) is 0 Å². The predicted molar refractivity (Wildman–Crippen MR) is 122 cm³/mol. The second kappa shape index (κ2) is 8.88. The standard InChI is InChI=1S/C23H25FN6O3S/c1-16-13-19(6-8-21(16)24)23-25-27-30(26-23)15-22(31)28-9-11-29(12-10-28)34(32,33)20-7-5-17-3-2-4-18(17)14-20/h5-8,13-14H,2-4,9-12,15H2,1H3. The normalized spacial score (nSPS) is 16.6. The van der Waals surface area contributed by atoms with Crippen LogP contribution in [0.1, 0.15) is 23.1 Å². The summed E-state index contributed by atoms with van der Waals surface area (Å²) in [6.07, 6.45) is 2.98. The van der Waals surface area contributed by atoms with Crippen molar-refractivity contribution in [2.75, 3.05) is 26.2 Å². The van der Waals surface area contributed by atoms with Crippen LogP contribution in [0.4, 0.5) is 4.39 Å². The van der Waals surface area contributed by atoms with E-state index in [4.69, 9.17) is 0 Å². The van der Waals surface area contributed by atoms with Gasteiger partial charge in [0, 0.05) is 31.7 Å². The summed E-state index contributed by atoms with van der Waals surface area (Å²) in [5.41, 5.74) is 3.43. The molecule has 9 nitrogen and oxygen atoms in total. The number of carbonyl (C=O) groups excluding carboxylic acids is 1. The Kier molecular flexibility index (Phi) is 5.90. The van der Waals surface area contributed by atoms with E-state index in [2.05, 4.69) is 15.4 Å². The molecule has 1 amide bonds. The Balaban J connectivity index is 1.20. The molecule has 0 radical (unpaired) electrons. The van der Waals surface area contributed by atoms with E-state index in [0.717, 1.165) is 24.8 Å². The van der Waals surface area contributed by atoms with Crippen LogP contribution in [0.15, 0.2) is 41.3 Å². The summed E-state index contributed by atoms with van der Waals surface area (Å²) < 4.78 is 41.1. The number of nitrogens with zero attached hydrogens (tertiary/aromatic N) is 6. The van der Waals surface area contributed by atoms with Crippen LogP contribution in [0.2, 0.25) is 0 Å². The third-order valence-electron chi connectivity index (χ3n) is 6.44. The van der Waals surface area contributed by atoms with Crippen LogP contribution < -0.4 is 0 Å². The van der Waals surface area contributed by atoms with Crippen molar-refractivity contribution in [2.24, 2.45) is 0 Å². The van der Waals surface area contributed by atoms with Gasteiger partial charge in [-0.15, -0.1) is 10.2 Å². The molecular weight excluding hydrogens is 459 g/mol. The lowest BCUT2D eigenvalue weighted by molar-refractivity contribution is -0.133. The number of rotatable bonds is 5. The number of sulfonamides is 1. The van der Waals surface area contributed by atoms with Gasteiger partial charge in [0.05, 0.1) is 4.90 Å². The van der Waals surface area contributed by atoms with Gasteiger partial charge in [0.25, 0.3) is 0 Å². The first-order valence-electron chi connectivity index (χ1n) is 11.3. The highest BCUT2D eigenvalue weighted by molar-refractivity contribution is 7.89. The molecule has 0 saturated carbocycles. The number of hydrogen-bond donors (Lipinski definition) is 0. The van der Waals surface area contributed by atoms with Crippen molar-refractivity contribution < 1.29 is 17.6 Å². The molecule has 0 atom stereocenters. The molecule has 11 heteroatoms. The van der Waals surface area contributed by atoms with E-state index in [9.17, 15) is 17.6 Å². The van der Waals surface area contributed by atoms with Gasteiger partial charge in [0.2, 0.25) is 21.8 Å². The first-order chi connectivity index (χ1) is 16.3. The van der Waals surface area contributed by atoms with Crippen LogP contribution in [0.5, 0.6) is 0 Å². The lowest BCUT2D eigenvalue weighted by atomic mass is 10.1. The minimum atomic E-state index is -3.60. The molecule has 34 heavy (non-hydrogen) atoms. The maximum atomic E-state index is 13.5. The van der Waals surface area contributed by atoms with E-state index in [1.807, 2.05) is 6.07 Å². The summed E-state index contributed by atoms with van der Waals surface area (Å²) in [5, 5.41) is 12.1. The van der Waals surface area contributed by atoms with Crippen LogP contribution in [-0.2, 0) is 34.2 Å². The van der Waals surface area contributed by atoms with Crippen molar-refractivity contribution >= 4 is 15.9 Å². The van der Waals surface area contributed by atoms with Crippen molar-refractivity contribution in [1.29, 1.82) is 0 Å². The number of benzene rings is 2. The SMILES string of the molecule is Cc1cc(-c2nnn(CC(=O)N3CCN(S(=O)(=O)c4ccc5c(c4)CCC5)CC3)n2)ccc1F. The van der Waals surface area contributed by atoms with E-state index in [-0.39, 0.29) is 31.4 Å². The first kappa shape index (κ1) is 22.6. The number of halogens is 1. The molecule has 178 valence electrons. The molecule has 5 rings (SSSR count). The van der Waals surface area contributed by atoms with Crippen LogP contribution in [-0.4, -0.2) is 69.9 Å². The Bertz CT molecular complexity index is 1350. The maximum absolute atomic E-state index is 13.5. The smallest absolute Gasteiger partial charge is 0.246 e. The Morgan fingerprint density at radius 1 is 1.03 bits per heavy atom. The molecule has 1 fully saturated rings. The lowest BCUT2D eigenvalue weighted by Crippen LogP contribution is -2.51. The third kappa shape index (κ3) is 4.32. The highest BCUT2D eigenvalue weighted by Crippen LogP contribution is 2.27. The molecule has 0 N–H and O–H groups in total. The number of carbonyl (C=O) groups is 1. The molecule has 1 aromatic heterocycles. The minimum absolute atomic E-state index is 0.106. The molecule has 1 aliphatic carbocycles. The molecule has 0 spiro atoms. The fourth-order valence-electron chi connectivity index (χ4n) is 4.47. The van der Waals surface area contributed by atoms with Crippen LogP contribution in [0.25, 0.3) is 11.4 Å². The van der Waals surface area contributed by atoms with Crippen LogP contribution >= 0.6 is 0 Å². The summed E-state index contributed by atoms with van der Waals surface area (Å²) in [7, 11) is -3.60. The van der Waals surface area contributed by atoms with Gasteiger partial charge in [-0.25, -0.2) is 12.8 Å². The largest absolute Gasteiger partial charge is 0.338 e. The second-order valence-corrected chi connectivity index (χ2v) is 10.6. The van der Waals surface area contributed by atoms with Gasteiger partial charge >= 0.3 is 0 Å². The van der Waals surface area contributed by atoms with Crippen LogP contribution in [0, 0.1) is 12.7 Å². The minimum Gasteiger partial charge on any atom is -0.338 e. The molecule has 1 aliphatic heterocycles. The van der Waals surface area contributed by atoms with Crippen LogP contribution in [0.3, 0.4) is 0 Å². The summed E-state index contributed by atoms with van der Waals surface area (Å²) in [5.74, 6) is -0.223. The molecule has 0 unspecified atom stereocenters. The number of fused-ring (bicyclic) bond motifs is 1. The Morgan fingerprint density at radius 2 is 1.79 bits per heavy atom. The summed E-state index contributed by atoms with van der Waals surface area (Å²) in [6.45, 7) is 2.59. The summed E-state index contributed by atoms with van der Waals surface area (Å²) >= 11 is 0. The molecule has 2 aromatic carbocycles. The van der Waals surface area contributed by atoms with Gasteiger partial charge in [-0.05, 0) is 78.4 Å². The van der Waals surface area contributed by atoms with Gasteiger partial charge in [-0.2, -0.15) is 9.10 Å². The molecule has 3 aromatic rings. The lowest BCUT2D eigenvalue weighted by Gasteiger charge is -2.34. The van der Waals surface area contributed by atoms with Gasteiger partial charge in [0.15, 0.2) is 0 Å².